The Bertz CT molecular complexity index is 331. The highest BCUT2D eigenvalue weighted by Gasteiger charge is 2.38. The summed E-state index contributed by atoms with van der Waals surface area (Å²) in [5.74, 6) is 0.582. The minimum absolute atomic E-state index is 0.0322. The molecule has 116 valence electrons. The molecule has 2 rings (SSSR count). The molecule has 0 bridgehead atoms. The third-order valence-corrected chi connectivity index (χ3v) is 4.50. The van der Waals surface area contributed by atoms with Crippen LogP contribution in [0.25, 0.3) is 0 Å². The molecule has 20 heavy (non-hydrogen) atoms. The fourth-order valence-corrected chi connectivity index (χ4v) is 3.38. The smallest absolute Gasteiger partial charge is 0.240 e. The Labute approximate surface area is 122 Å². The number of morpholine rings is 1. The molecule has 2 aliphatic rings. The van der Waals surface area contributed by atoms with Crippen LogP contribution in [0.1, 0.15) is 39.5 Å². The maximum atomic E-state index is 12.4. The van der Waals surface area contributed by atoms with Gasteiger partial charge in [0.25, 0.3) is 0 Å². The summed E-state index contributed by atoms with van der Waals surface area (Å²) in [5.41, 5.74) is 5.67. The molecular formula is C15H29N3O2. The molecule has 1 aliphatic heterocycles. The lowest BCUT2D eigenvalue weighted by Crippen LogP contribution is -2.59. The molecule has 0 aromatic carbocycles. The van der Waals surface area contributed by atoms with Gasteiger partial charge in [-0.25, -0.2) is 0 Å². The summed E-state index contributed by atoms with van der Waals surface area (Å²) < 4.78 is 5.34. The Kier molecular flexibility index (Phi) is 5.41. The minimum atomic E-state index is -0.656. The molecule has 1 aliphatic carbocycles. The lowest BCUT2D eigenvalue weighted by Gasteiger charge is -2.37. The number of rotatable bonds is 4. The van der Waals surface area contributed by atoms with Crippen molar-refractivity contribution in [2.24, 2.45) is 11.7 Å². The van der Waals surface area contributed by atoms with Crippen LogP contribution in [-0.2, 0) is 9.53 Å². The number of carbonyl (C=O) groups excluding carboxylic acids is 1. The van der Waals surface area contributed by atoms with Crippen LogP contribution in [0.3, 0.4) is 0 Å². The first-order chi connectivity index (χ1) is 9.49. The van der Waals surface area contributed by atoms with Crippen LogP contribution in [0.4, 0.5) is 0 Å². The van der Waals surface area contributed by atoms with Gasteiger partial charge in [0.2, 0.25) is 5.91 Å². The maximum Gasteiger partial charge on any atom is 0.240 e. The van der Waals surface area contributed by atoms with Crippen molar-refractivity contribution in [1.29, 1.82) is 0 Å². The van der Waals surface area contributed by atoms with E-state index in [9.17, 15) is 4.79 Å². The van der Waals surface area contributed by atoms with Crippen molar-refractivity contribution >= 4 is 5.91 Å². The Balaban J connectivity index is 1.80. The molecular weight excluding hydrogens is 254 g/mol. The first-order valence-corrected chi connectivity index (χ1v) is 7.89. The summed E-state index contributed by atoms with van der Waals surface area (Å²) in [6.07, 6.45) is 3.87. The average molecular weight is 283 g/mol. The summed E-state index contributed by atoms with van der Waals surface area (Å²) in [6, 6.07) is 0.137. The number of nitrogens with zero attached hydrogens (tertiary/aromatic N) is 1. The van der Waals surface area contributed by atoms with E-state index in [0.29, 0.717) is 5.92 Å². The monoisotopic (exact) mass is 283 g/mol. The molecule has 3 atom stereocenters. The van der Waals surface area contributed by atoms with Crippen LogP contribution in [0.5, 0.6) is 0 Å². The van der Waals surface area contributed by atoms with E-state index in [4.69, 9.17) is 10.5 Å². The summed E-state index contributed by atoms with van der Waals surface area (Å²) in [4.78, 5) is 14.8. The highest BCUT2D eigenvalue weighted by atomic mass is 16.5. The molecule has 1 saturated heterocycles. The van der Waals surface area contributed by atoms with E-state index in [-0.39, 0.29) is 11.9 Å². The van der Waals surface area contributed by atoms with Gasteiger partial charge < -0.3 is 15.8 Å². The predicted octanol–water partition coefficient (Wildman–Crippen LogP) is 0.731. The second-order valence-electron chi connectivity index (χ2n) is 6.65. The van der Waals surface area contributed by atoms with E-state index in [0.717, 1.165) is 52.1 Å². The van der Waals surface area contributed by atoms with Crippen molar-refractivity contribution in [2.75, 3.05) is 32.8 Å². The second kappa shape index (κ2) is 6.87. The van der Waals surface area contributed by atoms with Gasteiger partial charge in [0.15, 0.2) is 0 Å². The molecule has 0 radical (unpaired) electrons. The van der Waals surface area contributed by atoms with E-state index in [1.807, 2.05) is 0 Å². The third kappa shape index (κ3) is 4.17. The van der Waals surface area contributed by atoms with Gasteiger partial charge in [-0.2, -0.15) is 0 Å². The topological polar surface area (TPSA) is 67.6 Å². The van der Waals surface area contributed by atoms with Crippen molar-refractivity contribution in [1.82, 2.24) is 10.2 Å². The lowest BCUT2D eigenvalue weighted by atomic mass is 9.76. The van der Waals surface area contributed by atoms with Crippen molar-refractivity contribution in [3.05, 3.63) is 0 Å². The van der Waals surface area contributed by atoms with Gasteiger partial charge in [0.1, 0.15) is 0 Å². The predicted molar refractivity (Wildman–Crippen MR) is 79.4 cm³/mol. The Hall–Kier alpha value is -0.650. The number of carbonyl (C=O) groups is 1. The van der Waals surface area contributed by atoms with E-state index in [1.54, 1.807) is 0 Å². The molecule has 2 fully saturated rings. The summed E-state index contributed by atoms with van der Waals surface area (Å²) >= 11 is 0. The first kappa shape index (κ1) is 15.7. The standard InChI is InChI=1S/C15H29N3O2/c1-12-4-3-5-15(16,10-12)14(19)17-13(2)11-18-6-8-20-9-7-18/h12-13H,3-11,16H2,1-2H3,(H,17,19). The normalized spacial score (nSPS) is 33.6. The quantitative estimate of drug-likeness (QED) is 0.798. The fraction of sp³-hybridized carbons (Fsp3) is 0.933. The zero-order valence-electron chi connectivity index (χ0n) is 12.9. The molecule has 1 saturated carbocycles. The van der Waals surface area contributed by atoms with Crippen LogP contribution < -0.4 is 11.1 Å². The summed E-state index contributed by atoms with van der Waals surface area (Å²) in [6.45, 7) is 8.60. The van der Waals surface area contributed by atoms with Crippen molar-refractivity contribution in [3.63, 3.8) is 0 Å². The van der Waals surface area contributed by atoms with Gasteiger partial charge in [-0.15, -0.1) is 0 Å². The highest BCUT2D eigenvalue weighted by molar-refractivity contribution is 5.86. The van der Waals surface area contributed by atoms with Crippen LogP contribution in [0, 0.1) is 5.92 Å². The molecule has 1 heterocycles. The summed E-state index contributed by atoms with van der Waals surface area (Å²) in [7, 11) is 0. The van der Waals surface area contributed by atoms with Crippen LogP contribution in [0.15, 0.2) is 0 Å². The van der Waals surface area contributed by atoms with E-state index < -0.39 is 5.54 Å². The number of ether oxygens (including phenoxy) is 1. The SMILES string of the molecule is CC1CCCC(N)(C(=O)NC(C)CN2CCOCC2)C1. The maximum absolute atomic E-state index is 12.4. The zero-order valence-corrected chi connectivity index (χ0v) is 12.9. The molecule has 5 nitrogen and oxygen atoms in total. The molecule has 1 amide bonds. The zero-order chi connectivity index (χ0) is 14.6. The third-order valence-electron chi connectivity index (χ3n) is 4.50. The number of hydrogen-bond acceptors (Lipinski definition) is 4. The van der Waals surface area contributed by atoms with Gasteiger partial charge in [-0.1, -0.05) is 19.8 Å². The number of nitrogens with one attached hydrogen (secondary N) is 1. The molecule has 0 aromatic rings. The summed E-state index contributed by atoms with van der Waals surface area (Å²) in [5, 5.41) is 3.11. The molecule has 5 heteroatoms. The highest BCUT2D eigenvalue weighted by Crippen LogP contribution is 2.30. The van der Waals surface area contributed by atoms with Crippen LogP contribution in [0.2, 0.25) is 0 Å². The Morgan fingerprint density at radius 1 is 1.50 bits per heavy atom. The number of nitrogens with two attached hydrogens (primary N) is 1. The van der Waals surface area contributed by atoms with Crippen molar-refractivity contribution < 1.29 is 9.53 Å². The number of hydrogen-bond donors (Lipinski definition) is 2. The molecule has 0 spiro atoms. The minimum Gasteiger partial charge on any atom is -0.379 e. The van der Waals surface area contributed by atoms with E-state index in [1.165, 1.54) is 6.42 Å². The lowest BCUT2D eigenvalue weighted by molar-refractivity contribution is -0.128. The van der Waals surface area contributed by atoms with Gasteiger partial charge >= 0.3 is 0 Å². The van der Waals surface area contributed by atoms with Crippen molar-refractivity contribution in [2.45, 2.75) is 51.1 Å². The van der Waals surface area contributed by atoms with Gasteiger partial charge in [-0.3, -0.25) is 9.69 Å². The Morgan fingerprint density at radius 2 is 2.20 bits per heavy atom. The Morgan fingerprint density at radius 3 is 2.85 bits per heavy atom. The second-order valence-corrected chi connectivity index (χ2v) is 6.65. The van der Waals surface area contributed by atoms with Crippen LogP contribution in [-0.4, -0.2) is 55.2 Å². The van der Waals surface area contributed by atoms with Crippen molar-refractivity contribution in [3.8, 4) is 0 Å². The van der Waals surface area contributed by atoms with Gasteiger partial charge in [0, 0.05) is 25.7 Å². The average Bonchev–Trinajstić information content (AvgIpc) is 2.39. The van der Waals surface area contributed by atoms with E-state index in [2.05, 4.69) is 24.1 Å². The largest absolute Gasteiger partial charge is 0.379 e. The van der Waals surface area contributed by atoms with Gasteiger partial charge in [0.05, 0.1) is 18.8 Å². The van der Waals surface area contributed by atoms with Gasteiger partial charge in [-0.05, 0) is 25.7 Å². The fourth-order valence-electron chi connectivity index (χ4n) is 3.38. The molecule has 0 aromatic heterocycles. The van der Waals surface area contributed by atoms with E-state index >= 15 is 0 Å². The first-order valence-electron chi connectivity index (χ1n) is 7.89. The number of amides is 1. The molecule has 3 N–H and O–H groups in total. The molecule has 3 unspecified atom stereocenters. The van der Waals surface area contributed by atoms with Crippen LogP contribution >= 0.6 is 0 Å².